The Morgan fingerprint density at radius 3 is 2.59 bits per heavy atom. The molecule has 0 saturated carbocycles. The molecule has 1 atom stereocenters. The molecule has 2 heterocycles. The minimum atomic E-state index is -0.978. The van der Waals surface area contributed by atoms with Crippen molar-refractivity contribution in [3.8, 4) is 28.8 Å². The summed E-state index contributed by atoms with van der Waals surface area (Å²) in [4.78, 5) is 17.7. The quantitative estimate of drug-likeness (QED) is 0.320. The molecule has 9 nitrogen and oxygen atoms in total. The third-order valence-corrected chi connectivity index (χ3v) is 5.36. The maximum Gasteiger partial charge on any atom is 0.419 e. The predicted molar refractivity (Wildman–Crippen MR) is 123 cm³/mol. The van der Waals surface area contributed by atoms with E-state index in [4.69, 9.17) is 18.3 Å². The highest BCUT2D eigenvalue weighted by atomic mass is 16.5. The van der Waals surface area contributed by atoms with Gasteiger partial charge < -0.3 is 28.5 Å². The van der Waals surface area contributed by atoms with E-state index in [2.05, 4.69) is 9.97 Å². The number of benzene rings is 2. The van der Waals surface area contributed by atoms with Crippen LogP contribution in [0.1, 0.15) is 35.3 Å². The van der Waals surface area contributed by atoms with Gasteiger partial charge in [-0.3, -0.25) is 4.98 Å². The zero-order valence-corrected chi connectivity index (χ0v) is 18.9. The number of methoxy groups -OCH3 is 1. The smallest absolute Gasteiger partial charge is 0.419 e. The van der Waals surface area contributed by atoms with Crippen LogP contribution in [0, 0.1) is 6.92 Å². The van der Waals surface area contributed by atoms with Crippen LogP contribution in [0.4, 0.5) is 0 Å². The van der Waals surface area contributed by atoms with Gasteiger partial charge in [-0.2, -0.15) is 0 Å². The van der Waals surface area contributed by atoms with E-state index in [0.29, 0.717) is 48.1 Å². The van der Waals surface area contributed by atoms with Gasteiger partial charge in [0.25, 0.3) is 0 Å². The number of oxazole rings is 2. The molecule has 178 valence electrons. The number of nitrogens with zero attached hydrogens (tertiary/aromatic N) is 1. The Labute approximate surface area is 195 Å². The second-order valence-electron chi connectivity index (χ2n) is 7.78. The van der Waals surface area contributed by atoms with Gasteiger partial charge in [-0.15, -0.1) is 0 Å². The van der Waals surface area contributed by atoms with Crippen LogP contribution in [-0.4, -0.2) is 33.9 Å². The molecule has 2 aromatic carbocycles. The Hall–Kier alpha value is -3.98. The van der Waals surface area contributed by atoms with E-state index in [1.165, 1.54) is 0 Å². The van der Waals surface area contributed by atoms with Gasteiger partial charge in [-0.05, 0) is 49.6 Å². The topological polar surface area (TPSA) is 131 Å². The lowest BCUT2D eigenvalue weighted by Crippen LogP contribution is -2.11. The number of hydrogen-bond donors (Lipinski definition) is 3. The number of H-pyrrole nitrogens is 1. The number of aromatic amines is 1. The SMILES string of the molecule is COc1cc(CCCc2oc(=O)[nH]c2O)ccc1OCC(O)c1nc(-c2ccccc2)oc1C. The average molecular weight is 466 g/mol. The average Bonchev–Trinajstić information content (AvgIpc) is 3.39. The van der Waals surface area contributed by atoms with Crippen molar-refractivity contribution in [1.29, 1.82) is 0 Å². The molecule has 3 N–H and O–H groups in total. The van der Waals surface area contributed by atoms with Crippen molar-refractivity contribution < 1.29 is 28.5 Å². The molecule has 9 heteroatoms. The molecule has 0 saturated heterocycles. The maximum atomic E-state index is 11.1. The molecule has 0 bridgehead atoms. The second kappa shape index (κ2) is 10.3. The lowest BCUT2D eigenvalue weighted by molar-refractivity contribution is 0.102. The standard InChI is InChI=1S/C25H26N2O7/c1-15-22(26-24(33-15)17-8-4-3-5-9-17)18(28)14-32-19-12-11-16(13-21(19)31-2)7-6-10-20-23(29)27-25(30)34-20/h3-5,8-9,11-13,18,28-29H,6-7,10,14H2,1-2H3,(H,27,30). The lowest BCUT2D eigenvalue weighted by Gasteiger charge is -2.14. The predicted octanol–water partition coefficient (Wildman–Crippen LogP) is 3.93. The van der Waals surface area contributed by atoms with Gasteiger partial charge in [0.05, 0.1) is 7.11 Å². The van der Waals surface area contributed by atoms with Crippen LogP contribution in [0.5, 0.6) is 17.4 Å². The van der Waals surface area contributed by atoms with Crippen LogP contribution in [0.25, 0.3) is 11.5 Å². The number of aromatic hydroxyl groups is 1. The summed E-state index contributed by atoms with van der Waals surface area (Å²) in [5.41, 5.74) is 2.24. The number of nitrogens with one attached hydrogen (secondary N) is 1. The number of ether oxygens (including phenoxy) is 2. The third kappa shape index (κ3) is 5.32. The van der Waals surface area contributed by atoms with E-state index in [9.17, 15) is 15.0 Å². The second-order valence-corrected chi connectivity index (χ2v) is 7.78. The zero-order valence-electron chi connectivity index (χ0n) is 18.9. The minimum absolute atomic E-state index is 0.0247. The van der Waals surface area contributed by atoms with Gasteiger partial charge in [0.1, 0.15) is 24.2 Å². The van der Waals surface area contributed by atoms with E-state index >= 15 is 0 Å². The molecule has 0 aliphatic heterocycles. The molecule has 0 spiro atoms. The summed E-state index contributed by atoms with van der Waals surface area (Å²) in [6.07, 6.45) is 0.771. The summed E-state index contributed by atoms with van der Waals surface area (Å²) in [5, 5.41) is 20.2. The van der Waals surface area contributed by atoms with Gasteiger partial charge in [-0.25, -0.2) is 9.78 Å². The summed E-state index contributed by atoms with van der Waals surface area (Å²) in [6, 6.07) is 15.0. The first-order valence-corrected chi connectivity index (χ1v) is 10.9. The van der Waals surface area contributed by atoms with Crippen molar-refractivity contribution in [2.75, 3.05) is 13.7 Å². The van der Waals surface area contributed by atoms with Crippen LogP contribution in [0.15, 0.2) is 62.2 Å². The third-order valence-electron chi connectivity index (χ3n) is 5.36. The largest absolute Gasteiger partial charge is 0.493 e. The summed E-state index contributed by atoms with van der Waals surface area (Å²) >= 11 is 0. The van der Waals surface area contributed by atoms with E-state index in [-0.39, 0.29) is 18.2 Å². The van der Waals surface area contributed by atoms with Crippen molar-refractivity contribution in [2.45, 2.75) is 32.3 Å². The van der Waals surface area contributed by atoms with Crippen LogP contribution in [0.2, 0.25) is 0 Å². The highest BCUT2D eigenvalue weighted by Crippen LogP contribution is 2.31. The Balaban J connectivity index is 1.36. The van der Waals surface area contributed by atoms with Crippen molar-refractivity contribution in [2.24, 2.45) is 0 Å². The van der Waals surface area contributed by atoms with Crippen LogP contribution < -0.4 is 15.2 Å². The van der Waals surface area contributed by atoms with Gasteiger partial charge in [0, 0.05) is 12.0 Å². The number of rotatable bonds is 10. The number of aromatic nitrogens is 2. The molecule has 1 unspecified atom stereocenters. The molecule has 0 amide bonds. The van der Waals surface area contributed by atoms with Crippen molar-refractivity contribution in [3.63, 3.8) is 0 Å². The van der Waals surface area contributed by atoms with Gasteiger partial charge in [0.15, 0.2) is 17.3 Å². The van der Waals surface area contributed by atoms with E-state index in [1.54, 1.807) is 20.1 Å². The Bertz CT molecular complexity index is 1290. The van der Waals surface area contributed by atoms with Crippen molar-refractivity contribution >= 4 is 0 Å². The normalized spacial score (nSPS) is 12.0. The first-order chi connectivity index (χ1) is 16.4. The fraction of sp³-hybridized carbons (Fsp3) is 0.280. The van der Waals surface area contributed by atoms with Crippen LogP contribution >= 0.6 is 0 Å². The Morgan fingerprint density at radius 1 is 1.09 bits per heavy atom. The van der Waals surface area contributed by atoms with Crippen LogP contribution in [-0.2, 0) is 12.8 Å². The van der Waals surface area contributed by atoms with Gasteiger partial charge >= 0.3 is 5.76 Å². The Kier molecular flexibility index (Phi) is 7.03. The van der Waals surface area contributed by atoms with E-state index in [1.807, 2.05) is 42.5 Å². The summed E-state index contributed by atoms with van der Waals surface area (Å²) < 4.78 is 21.9. The van der Waals surface area contributed by atoms with Crippen LogP contribution in [0.3, 0.4) is 0 Å². The number of aliphatic hydroxyl groups is 1. The first kappa shape index (κ1) is 23.2. The summed E-state index contributed by atoms with van der Waals surface area (Å²) in [7, 11) is 1.54. The molecule has 2 aromatic heterocycles. The number of aryl methyl sites for hydroxylation is 3. The molecular formula is C25H26N2O7. The maximum absolute atomic E-state index is 11.1. The van der Waals surface area contributed by atoms with E-state index in [0.717, 1.165) is 11.1 Å². The molecule has 0 radical (unpaired) electrons. The van der Waals surface area contributed by atoms with Gasteiger partial charge in [-0.1, -0.05) is 24.3 Å². The molecule has 0 aliphatic carbocycles. The number of hydrogen-bond acceptors (Lipinski definition) is 8. The van der Waals surface area contributed by atoms with Crippen molar-refractivity contribution in [3.05, 3.63) is 81.9 Å². The molecule has 34 heavy (non-hydrogen) atoms. The Morgan fingerprint density at radius 2 is 1.88 bits per heavy atom. The highest BCUT2D eigenvalue weighted by molar-refractivity contribution is 5.53. The summed E-state index contributed by atoms with van der Waals surface area (Å²) in [6.45, 7) is 1.73. The lowest BCUT2D eigenvalue weighted by atomic mass is 10.1. The van der Waals surface area contributed by atoms with Crippen molar-refractivity contribution in [1.82, 2.24) is 9.97 Å². The molecule has 0 aliphatic rings. The molecule has 0 fully saturated rings. The fourth-order valence-corrected chi connectivity index (χ4v) is 3.63. The highest BCUT2D eigenvalue weighted by Gasteiger charge is 2.20. The zero-order chi connectivity index (χ0) is 24.1. The minimum Gasteiger partial charge on any atom is -0.493 e. The van der Waals surface area contributed by atoms with E-state index < -0.39 is 11.9 Å². The monoisotopic (exact) mass is 466 g/mol. The first-order valence-electron chi connectivity index (χ1n) is 10.9. The number of aliphatic hydroxyl groups excluding tert-OH is 1. The fourth-order valence-electron chi connectivity index (χ4n) is 3.63. The summed E-state index contributed by atoms with van der Waals surface area (Å²) in [5.74, 6) is 1.33. The molecule has 4 rings (SSSR count). The molecular weight excluding hydrogens is 440 g/mol. The molecule has 4 aromatic rings. The van der Waals surface area contributed by atoms with Gasteiger partial charge in [0.2, 0.25) is 11.8 Å².